The molecule has 0 amide bonds. The molecule has 0 bridgehead atoms. The van der Waals surface area contributed by atoms with Gasteiger partial charge in [0, 0.05) is 56.6 Å². The van der Waals surface area contributed by atoms with Gasteiger partial charge in [-0.25, -0.2) is 4.68 Å². The van der Waals surface area contributed by atoms with Crippen LogP contribution in [-0.4, -0.2) is 71.3 Å². The smallest absolute Gasteiger partial charge is 0.292 e. The fourth-order valence-corrected chi connectivity index (χ4v) is 5.16. The molecular formula is C26H29N5O5. The summed E-state index contributed by atoms with van der Waals surface area (Å²) in [7, 11) is 5.11. The topological polar surface area (TPSA) is 83.2 Å². The molecule has 4 aromatic rings. The summed E-state index contributed by atoms with van der Waals surface area (Å²) in [6.07, 6.45) is 1.78. The zero-order valence-electron chi connectivity index (χ0n) is 20.7. The maximum Gasteiger partial charge on any atom is 0.292 e. The van der Waals surface area contributed by atoms with Crippen molar-refractivity contribution in [2.24, 2.45) is 7.05 Å². The lowest BCUT2D eigenvalue weighted by Gasteiger charge is -2.34. The van der Waals surface area contributed by atoms with Crippen LogP contribution >= 0.6 is 0 Å². The number of rotatable bonds is 6. The summed E-state index contributed by atoms with van der Waals surface area (Å²) in [6.45, 7) is 5.16. The number of benzene rings is 2. The fourth-order valence-electron chi connectivity index (χ4n) is 5.16. The second-order valence-electron chi connectivity index (χ2n) is 9.22. The molecule has 0 saturated carbocycles. The molecule has 188 valence electrons. The van der Waals surface area contributed by atoms with E-state index in [1.807, 2.05) is 29.8 Å². The number of nitrogens with zero attached hydrogens (tertiary/aromatic N) is 5. The Morgan fingerprint density at radius 1 is 0.917 bits per heavy atom. The lowest BCUT2D eigenvalue weighted by atomic mass is 10.1. The average molecular weight is 492 g/mol. The number of hydrogen-bond donors (Lipinski definition) is 0. The molecule has 2 aromatic heterocycles. The highest BCUT2D eigenvalue weighted by Gasteiger charge is 2.21. The molecule has 0 spiro atoms. The van der Waals surface area contributed by atoms with Gasteiger partial charge in [0.05, 0.1) is 32.6 Å². The van der Waals surface area contributed by atoms with Gasteiger partial charge in [-0.15, -0.1) is 0 Å². The average Bonchev–Trinajstić information content (AvgIpc) is 3.48. The first-order chi connectivity index (χ1) is 17.6. The van der Waals surface area contributed by atoms with Gasteiger partial charge in [0.1, 0.15) is 5.52 Å². The van der Waals surface area contributed by atoms with E-state index in [1.165, 1.54) is 5.56 Å². The molecule has 6 rings (SSSR count). The van der Waals surface area contributed by atoms with Crippen molar-refractivity contribution in [1.29, 1.82) is 0 Å². The first-order valence-corrected chi connectivity index (χ1v) is 12.0. The van der Waals surface area contributed by atoms with Crippen molar-refractivity contribution in [2.45, 2.75) is 13.2 Å². The van der Waals surface area contributed by atoms with E-state index in [9.17, 15) is 4.79 Å². The molecule has 10 nitrogen and oxygen atoms in total. The molecule has 36 heavy (non-hydrogen) atoms. The van der Waals surface area contributed by atoms with Crippen molar-refractivity contribution in [2.75, 3.05) is 47.2 Å². The molecule has 10 heteroatoms. The third-order valence-corrected chi connectivity index (χ3v) is 7.15. The van der Waals surface area contributed by atoms with Crippen LogP contribution in [-0.2, 0) is 20.3 Å². The van der Waals surface area contributed by atoms with Gasteiger partial charge in [-0.3, -0.25) is 14.6 Å². The lowest BCUT2D eigenvalue weighted by molar-refractivity contribution is 0.0971. The predicted molar refractivity (Wildman–Crippen MR) is 135 cm³/mol. The summed E-state index contributed by atoms with van der Waals surface area (Å²) in [5.74, 6) is 2.88. The number of ether oxygens (including phenoxy) is 4. The Kier molecular flexibility index (Phi) is 5.69. The zero-order valence-corrected chi connectivity index (χ0v) is 20.7. The van der Waals surface area contributed by atoms with Crippen LogP contribution in [0, 0.1) is 0 Å². The molecule has 1 saturated heterocycles. The second kappa shape index (κ2) is 9.03. The Morgan fingerprint density at radius 2 is 1.64 bits per heavy atom. The summed E-state index contributed by atoms with van der Waals surface area (Å²) in [5, 5.41) is 6.24. The maximum absolute atomic E-state index is 13.5. The van der Waals surface area contributed by atoms with Crippen LogP contribution in [0.5, 0.6) is 23.0 Å². The van der Waals surface area contributed by atoms with E-state index >= 15 is 0 Å². The van der Waals surface area contributed by atoms with Crippen LogP contribution in [0.2, 0.25) is 0 Å². The summed E-state index contributed by atoms with van der Waals surface area (Å²) < 4.78 is 25.3. The van der Waals surface area contributed by atoms with E-state index in [0.717, 1.165) is 60.5 Å². The van der Waals surface area contributed by atoms with Crippen molar-refractivity contribution >= 4 is 21.8 Å². The molecule has 0 aliphatic carbocycles. The molecular weight excluding hydrogens is 462 g/mol. The van der Waals surface area contributed by atoms with Crippen LogP contribution in [0.15, 0.2) is 41.3 Å². The number of aryl methyl sites for hydroxylation is 1. The molecule has 0 N–H and O–H groups in total. The van der Waals surface area contributed by atoms with Crippen LogP contribution in [0.25, 0.3) is 21.8 Å². The highest BCUT2D eigenvalue weighted by molar-refractivity contribution is 6.08. The van der Waals surface area contributed by atoms with Crippen LogP contribution in [0.4, 0.5) is 0 Å². The second-order valence-corrected chi connectivity index (χ2v) is 9.22. The molecule has 2 aliphatic rings. The van der Waals surface area contributed by atoms with E-state index in [1.54, 1.807) is 25.1 Å². The van der Waals surface area contributed by atoms with E-state index in [4.69, 9.17) is 18.9 Å². The minimum absolute atomic E-state index is 0.105. The minimum Gasteiger partial charge on any atom is -0.493 e. The number of piperazine rings is 1. The summed E-state index contributed by atoms with van der Waals surface area (Å²) in [4.78, 5) is 18.1. The number of fused-ring (bicyclic) bond motifs is 4. The summed E-state index contributed by atoms with van der Waals surface area (Å²) in [5.41, 5.74) is 2.63. The van der Waals surface area contributed by atoms with Gasteiger partial charge in [0.25, 0.3) is 5.56 Å². The molecule has 4 heterocycles. The van der Waals surface area contributed by atoms with Gasteiger partial charge in [0.2, 0.25) is 6.79 Å². The van der Waals surface area contributed by atoms with E-state index in [-0.39, 0.29) is 12.4 Å². The van der Waals surface area contributed by atoms with Gasteiger partial charge < -0.3 is 23.5 Å². The molecule has 1 fully saturated rings. The van der Waals surface area contributed by atoms with Crippen molar-refractivity contribution < 1.29 is 18.9 Å². The van der Waals surface area contributed by atoms with Crippen LogP contribution in [0.3, 0.4) is 0 Å². The molecule has 2 aliphatic heterocycles. The Morgan fingerprint density at radius 3 is 2.42 bits per heavy atom. The Hall–Kier alpha value is -3.76. The largest absolute Gasteiger partial charge is 0.493 e. The van der Waals surface area contributed by atoms with E-state index in [2.05, 4.69) is 27.0 Å². The minimum atomic E-state index is -0.105. The quantitative estimate of drug-likeness (QED) is 0.407. The van der Waals surface area contributed by atoms with Gasteiger partial charge in [-0.05, 0) is 23.8 Å². The summed E-state index contributed by atoms with van der Waals surface area (Å²) in [6, 6.07) is 9.93. The number of methoxy groups -OCH3 is 2. The fraction of sp³-hybridized carbons (Fsp3) is 0.385. The van der Waals surface area contributed by atoms with Crippen molar-refractivity contribution in [3.05, 3.63) is 52.4 Å². The van der Waals surface area contributed by atoms with Gasteiger partial charge in [0.15, 0.2) is 23.0 Å². The zero-order chi connectivity index (χ0) is 24.8. The molecule has 0 unspecified atom stereocenters. The highest BCUT2D eigenvalue weighted by atomic mass is 16.7. The van der Waals surface area contributed by atoms with Gasteiger partial charge in [-0.2, -0.15) is 5.10 Å². The number of hydrogen-bond acceptors (Lipinski definition) is 8. The van der Waals surface area contributed by atoms with Crippen LogP contribution < -0.4 is 24.5 Å². The number of aromatic nitrogens is 3. The van der Waals surface area contributed by atoms with Crippen LogP contribution in [0.1, 0.15) is 5.56 Å². The Balaban J connectivity index is 1.18. The van der Waals surface area contributed by atoms with E-state index < -0.39 is 0 Å². The maximum atomic E-state index is 13.5. The third-order valence-electron chi connectivity index (χ3n) is 7.15. The van der Waals surface area contributed by atoms with Gasteiger partial charge >= 0.3 is 0 Å². The predicted octanol–water partition coefficient (Wildman–Crippen LogP) is 2.41. The summed E-state index contributed by atoms with van der Waals surface area (Å²) >= 11 is 0. The van der Waals surface area contributed by atoms with E-state index in [0.29, 0.717) is 23.7 Å². The monoisotopic (exact) mass is 491 g/mol. The Labute approximate surface area is 208 Å². The molecule has 2 aromatic carbocycles. The first kappa shape index (κ1) is 22.7. The standard InChI is InChI=1S/C26H29N5O5/c1-28-20-12-23(34-3)22(33-2)11-18(20)19-13-27-31(26(32)25(19)28)15-30-8-6-29(7-9-30)14-17-4-5-21-24(10-17)36-16-35-21/h4-5,10-13H,6-9,14-16H2,1-3H3. The van der Waals surface area contributed by atoms with Crippen molar-refractivity contribution in [3.63, 3.8) is 0 Å². The first-order valence-electron chi connectivity index (χ1n) is 12.0. The third kappa shape index (κ3) is 3.82. The molecule has 0 radical (unpaired) electrons. The molecule has 0 atom stereocenters. The van der Waals surface area contributed by atoms with Crippen molar-refractivity contribution in [1.82, 2.24) is 24.1 Å². The highest BCUT2D eigenvalue weighted by Crippen LogP contribution is 2.36. The Bertz CT molecular complexity index is 1500. The lowest BCUT2D eigenvalue weighted by Crippen LogP contribution is -2.47. The SMILES string of the molecule is COc1cc2c3cnn(CN4CCN(Cc5ccc6c(c5)OCO6)CC4)c(=O)c3n(C)c2cc1OC. The van der Waals surface area contributed by atoms with Crippen molar-refractivity contribution in [3.8, 4) is 23.0 Å². The normalized spacial score (nSPS) is 16.2. The van der Waals surface area contributed by atoms with Gasteiger partial charge in [-0.1, -0.05) is 6.07 Å².